The predicted octanol–water partition coefficient (Wildman–Crippen LogP) is 6.55. The lowest BCUT2D eigenvalue weighted by Gasteiger charge is -2.28. The minimum absolute atomic E-state index is 0.484. The molecule has 0 saturated carbocycles. The third-order valence-corrected chi connectivity index (χ3v) is 2.08. The van der Waals surface area contributed by atoms with Crippen LogP contribution in [0.3, 0.4) is 0 Å². The smallest absolute Gasteiger partial charge is 0.0378 e. The Morgan fingerprint density at radius 3 is 0.882 bits per heavy atom. The minimum Gasteiger partial charge on any atom is -0.0628 e. The van der Waals surface area contributed by atoms with E-state index in [0.717, 1.165) is 5.92 Å². The van der Waals surface area contributed by atoms with E-state index in [0.29, 0.717) is 16.2 Å². The molecule has 0 saturated heterocycles. The van der Waals surface area contributed by atoms with E-state index in [1.807, 2.05) is 0 Å². The van der Waals surface area contributed by atoms with E-state index in [1.165, 1.54) is 12.8 Å². The van der Waals surface area contributed by atoms with Gasteiger partial charge in [-0.15, -0.1) is 0 Å². The zero-order chi connectivity index (χ0) is 14.5. The molecule has 0 bridgehead atoms. The molecule has 0 nitrogen and oxygen atoms in total. The van der Waals surface area contributed by atoms with Crippen LogP contribution < -0.4 is 0 Å². The normalized spacial score (nSPS) is 13.4. The molecule has 0 aliphatic carbocycles. The Hall–Kier alpha value is 0. The molecule has 0 aliphatic rings. The summed E-state index contributed by atoms with van der Waals surface area (Å²) in [6, 6.07) is 0. The molecule has 0 aliphatic heterocycles. The second-order valence-electron chi connectivity index (χ2n) is 9.46. The maximum absolute atomic E-state index is 2.29. The molecule has 0 spiro atoms. The summed E-state index contributed by atoms with van der Waals surface area (Å²) in [5.74, 6) is 0.843. The van der Waals surface area contributed by atoms with Crippen molar-refractivity contribution in [2.75, 3.05) is 0 Å². The first-order chi connectivity index (χ1) is 7.12. The fourth-order valence-corrected chi connectivity index (χ4v) is 2.82. The Kier molecular flexibility index (Phi) is 7.74. The van der Waals surface area contributed by atoms with E-state index in [9.17, 15) is 0 Å². The summed E-state index contributed by atoms with van der Waals surface area (Å²) >= 11 is 0. The highest BCUT2D eigenvalue weighted by Crippen LogP contribution is 2.31. The molecule has 0 heteroatoms. The highest BCUT2D eigenvalue weighted by Gasteiger charge is 2.20. The second-order valence-corrected chi connectivity index (χ2v) is 9.46. The maximum atomic E-state index is 2.29. The SMILES string of the molecule is CC(C)(C)CC(C)(C)C.CC(C)CC(C)(C)C. The van der Waals surface area contributed by atoms with Crippen LogP contribution in [-0.2, 0) is 0 Å². The van der Waals surface area contributed by atoms with Crippen molar-refractivity contribution >= 4 is 0 Å². The summed E-state index contributed by atoms with van der Waals surface area (Å²) in [5, 5.41) is 0. The van der Waals surface area contributed by atoms with Crippen LogP contribution in [0.5, 0.6) is 0 Å². The molecule has 0 rings (SSSR count). The van der Waals surface area contributed by atoms with Crippen molar-refractivity contribution < 1.29 is 0 Å². The molecule has 0 amide bonds. The Labute approximate surface area is 112 Å². The fraction of sp³-hybridized carbons (Fsp3) is 1.00. The zero-order valence-corrected chi connectivity index (χ0v) is 14.5. The fourth-order valence-electron chi connectivity index (χ4n) is 2.82. The summed E-state index contributed by atoms with van der Waals surface area (Å²) in [6.45, 7) is 25.1. The lowest BCUT2D eigenvalue weighted by molar-refractivity contribution is 0.233. The van der Waals surface area contributed by atoms with Crippen molar-refractivity contribution in [1.29, 1.82) is 0 Å². The van der Waals surface area contributed by atoms with Crippen LogP contribution in [0.1, 0.15) is 89.0 Å². The molecule has 0 N–H and O–H groups in total. The van der Waals surface area contributed by atoms with Crippen molar-refractivity contribution in [3.8, 4) is 0 Å². The van der Waals surface area contributed by atoms with Gasteiger partial charge in [0.2, 0.25) is 0 Å². The van der Waals surface area contributed by atoms with Gasteiger partial charge in [-0.2, -0.15) is 0 Å². The van der Waals surface area contributed by atoms with E-state index in [4.69, 9.17) is 0 Å². The van der Waals surface area contributed by atoms with Crippen molar-refractivity contribution in [2.45, 2.75) is 89.0 Å². The first kappa shape index (κ1) is 19.3. The Morgan fingerprint density at radius 2 is 0.882 bits per heavy atom. The zero-order valence-electron chi connectivity index (χ0n) is 14.5. The van der Waals surface area contributed by atoms with Gasteiger partial charge in [-0.25, -0.2) is 0 Å². The van der Waals surface area contributed by atoms with Crippen LogP contribution in [0.25, 0.3) is 0 Å². The van der Waals surface area contributed by atoms with Crippen LogP contribution in [0.4, 0.5) is 0 Å². The number of hydrogen-bond acceptors (Lipinski definition) is 0. The van der Waals surface area contributed by atoms with Crippen LogP contribution in [0.2, 0.25) is 0 Å². The lowest BCUT2D eigenvalue weighted by atomic mass is 9.78. The molecule has 0 radical (unpaired) electrons. The Morgan fingerprint density at radius 1 is 0.588 bits per heavy atom. The van der Waals surface area contributed by atoms with Gasteiger partial charge in [0.05, 0.1) is 0 Å². The number of rotatable bonds is 1. The lowest BCUT2D eigenvalue weighted by Crippen LogP contribution is -2.16. The van der Waals surface area contributed by atoms with Crippen molar-refractivity contribution in [3.05, 3.63) is 0 Å². The van der Waals surface area contributed by atoms with E-state index < -0.39 is 0 Å². The van der Waals surface area contributed by atoms with Gasteiger partial charge < -0.3 is 0 Å². The average molecular weight is 242 g/mol. The third-order valence-electron chi connectivity index (χ3n) is 2.08. The standard InChI is InChI=1S/C9H20.C8H18/c1-8(2,3)7-9(4,5)6;1-7(2)6-8(3,4)5/h7H2,1-6H3;7H,6H2,1-5H3. The Balaban J connectivity index is 0. The summed E-state index contributed by atoms with van der Waals surface area (Å²) in [5.41, 5.74) is 1.49. The first-order valence-electron chi connectivity index (χ1n) is 7.12. The monoisotopic (exact) mass is 242 g/mol. The second kappa shape index (κ2) is 6.81. The maximum Gasteiger partial charge on any atom is -0.0378 e. The molecule has 106 valence electrons. The molecule has 17 heavy (non-hydrogen) atoms. The van der Waals surface area contributed by atoms with Crippen LogP contribution in [-0.4, -0.2) is 0 Å². The van der Waals surface area contributed by atoms with Gasteiger partial charge in [0.25, 0.3) is 0 Å². The molecular formula is C17H38. The predicted molar refractivity (Wildman–Crippen MR) is 82.4 cm³/mol. The molecule has 0 atom stereocenters. The van der Waals surface area contributed by atoms with Crippen molar-refractivity contribution in [1.82, 2.24) is 0 Å². The Bertz CT molecular complexity index is 166. The minimum atomic E-state index is 0.484. The van der Waals surface area contributed by atoms with Gasteiger partial charge in [0, 0.05) is 0 Å². The molecule has 0 aromatic rings. The average Bonchev–Trinajstić information content (AvgIpc) is 1.68. The molecule has 0 fully saturated rings. The molecule has 0 heterocycles. The first-order valence-corrected chi connectivity index (χ1v) is 7.12. The van der Waals surface area contributed by atoms with Crippen LogP contribution >= 0.6 is 0 Å². The topological polar surface area (TPSA) is 0 Å². The molecule has 0 unspecified atom stereocenters. The largest absolute Gasteiger partial charge is 0.0628 e. The van der Waals surface area contributed by atoms with Gasteiger partial charge in [-0.1, -0.05) is 76.2 Å². The summed E-state index contributed by atoms with van der Waals surface area (Å²) in [7, 11) is 0. The molecular weight excluding hydrogens is 204 g/mol. The third kappa shape index (κ3) is 25.9. The van der Waals surface area contributed by atoms with Crippen molar-refractivity contribution in [2.24, 2.45) is 22.2 Å². The summed E-state index contributed by atoms with van der Waals surface area (Å²) in [4.78, 5) is 0. The van der Waals surface area contributed by atoms with Gasteiger partial charge >= 0.3 is 0 Å². The van der Waals surface area contributed by atoms with E-state index in [2.05, 4.69) is 76.2 Å². The van der Waals surface area contributed by atoms with Crippen LogP contribution in [0.15, 0.2) is 0 Å². The van der Waals surface area contributed by atoms with E-state index in [-0.39, 0.29) is 0 Å². The van der Waals surface area contributed by atoms with E-state index >= 15 is 0 Å². The van der Waals surface area contributed by atoms with E-state index in [1.54, 1.807) is 0 Å². The molecule has 0 aromatic heterocycles. The van der Waals surface area contributed by atoms with Crippen molar-refractivity contribution in [3.63, 3.8) is 0 Å². The van der Waals surface area contributed by atoms with Gasteiger partial charge in [-0.05, 0) is 35.0 Å². The van der Waals surface area contributed by atoms with Gasteiger partial charge in [0.1, 0.15) is 0 Å². The highest BCUT2D eigenvalue weighted by molar-refractivity contribution is 4.71. The van der Waals surface area contributed by atoms with Crippen LogP contribution in [0, 0.1) is 22.2 Å². The van der Waals surface area contributed by atoms with Gasteiger partial charge in [0.15, 0.2) is 0 Å². The highest BCUT2D eigenvalue weighted by atomic mass is 14.3. The number of hydrogen-bond donors (Lipinski definition) is 0. The summed E-state index contributed by atoms with van der Waals surface area (Å²) in [6.07, 6.45) is 2.62. The molecule has 0 aromatic carbocycles. The quantitative estimate of drug-likeness (QED) is 0.489. The summed E-state index contributed by atoms with van der Waals surface area (Å²) < 4.78 is 0. The van der Waals surface area contributed by atoms with Gasteiger partial charge in [-0.3, -0.25) is 0 Å².